The maximum atomic E-state index is 5.93. The van der Waals surface area contributed by atoms with Gasteiger partial charge in [-0.1, -0.05) is 25.7 Å². The third-order valence-electron chi connectivity index (χ3n) is 3.62. The van der Waals surface area contributed by atoms with Crippen LogP contribution in [0.15, 0.2) is 18.5 Å². The third kappa shape index (κ3) is 3.25. The minimum Gasteiger partial charge on any atom is -0.354 e. The van der Waals surface area contributed by atoms with Gasteiger partial charge in [0.1, 0.15) is 0 Å². The summed E-state index contributed by atoms with van der Waals surface area (Å²) in [6.45, 7) is 0.865. The van der Waals surface area contributed by atoms with Gasteiger partial charge in [-0.05, 0) is 30.0 Å². The van der Waals surface area contributed by atoms with Crippen molar-refractivity contribution >= 4 is 17.5 Å². The fourth-order valence-electron chi connectivity index (χ4n) is 2.60. The van der Waals surface area contributed by atoms with Gasteiger partial charge in [-0.25, -0.2) is 4.68 Å². The molecule has 20 heavy (non-hydrogen) atoms. The van der Waals surface area contributed by atoms with Crippen molar-refractivity contribution in [1.82, 2.24) is 24.7 Å². The van der Waals surface area contributed by atoms with Gasteiger partial charge in [0, 0.05) is 18.9 Å². The average molecular weight is 293 g/mol. The van der Waals surface area contributed by atoms with Gasteiger partial charge in [0.15, 0.2) is 0 Å². The van der Waals surface area contributed by atoms with Gasteiger partial charge in [-0.3, -0.25) is 0 Å². The van der Waals surface area contributed by atoms with Crippen molar-refractivity contribution in [3.63, 3.8) is 0 Å². The lowest BCUT2D eigenvalue weighted by Gasteiger charge is -2.10. The van der Waals surface area contributed by atoms with Crippen LogP contribution in [0.5, 0.6) is 0 Å². The van der Waals surface area contributed by atoms with E-state index in [-0.39, 0.29) is 5.28 Å². The second-order valence-electron chi connectivity index (χ2n) is 5.04. The molecule has 2 aromatic heterocycles. The Balaban J connectivity index is 1.63. The van der Waals surface area contributed by atoms with Crippen LogP contribution in [-0.4, -0.2) is 31.3 Å². The fourth-order valence-corrected chi connectivity index (χ4v) is 2.75. The minimum atomic E-state index is 0.175. The molecule has 1 fully saturated rings. The smallest absolute Gasteiger partial charge is 0.256 e. The van der Waals surface area contributed by atoms with Crippen LogP contribution in [0, 0.1) is 5.92 Å². The van der Waals surface area contributed by atoms with Crippen LogP contribution >= 0.6 is 11.6 Å². The summed E-state index contributed by atoms with van der Waals surface area (Å²) in [5, 5.41) is 7.49. The topological polar surface area (TPSA) is 68.5 Å². The van der Waals surface area contributed by atoms with Crippen LogP contribution in [0.25, 0.3) is 5.95 Å². The first-order valence-electron chi connectivity index (χ1n) is 6.97. The number of aromatic nitrogens is 5. The summed E-state index contributed by atoms with van der Waals surface area (Å²) in [5.41, 5.74) is 0. The van der Waals surface area contributed by atoms with Crippen molar-refractivity contribution in [1.29, 1.82) is 0 Å². The number of nitrogens with zero attached hydrogens (tertiary/aromatic N) is 5. The Morgan fingerprint density at radius 3 is 2.85 bits per heavy atom. The predicted octanol–water partition coefficient (Wildman–Crippen LogP) is 2.70. The highest BCUT2D eigenvalue weighted by Gasteiger charge is 2.14. The molecule has 7 heteroatoms. The highest BCUT2D eigenvalue weighted by atomic mass is 35.5. The molecule has 0 bridgehead atoms. The van der Waals surface area contributed by atoms with E-state index in [4.69, 9.17) is 11.6 Å². The molecule has 0 aliphatic heterocycles. The molecule has 2 aromatic rings. The van der Waals surface area contributed by atoms with Crippen molar-refractivity contribution in [3.8, 4) is 5.95 Å². The first-order chi connectivity index (χ1) is 9.81. The molecular weight excluding hydrogens is 276 g/mol. The zero-order valence-electron chi connectivity index (χ0n) is 11.2. The molecule has 0 unspecified atom stereocenters. The minimum absolute atomic E-state index is 0.175. The van der Waals surface area contributed by atoms with E-state index >= 15 is 0 Å². The molecule has 3 rings (SSSR count). The third-order valence-corrected chi connectivity index (χ3v) is 3.79. The van der Waals surface area contributed by atoms with E-state index in [2.05, 4.69) is 25.4 Å². The summed E-state index contributed by atoms with van der Waals surface area (Å²) in [7, 11) is 0. The predicted molar refractivity (Wildman–Crippen MR) is 77.0 cm³/mol. The van der Waals surface area contributed by atoms with Crippen molar-refractivity contribution in [2.24, 2.45) is 5.92 Å². The van der Waals surface area contributed by atoms with Crippen LogP contribution in [0.4, 0.5) is 5.95 Å². The zero-order chi connectivity index (χ0) is 13.8. The Kier molecular flexibility index (Phi) is 4.11. The normalized spacial score (nSPS) is 15.7. The van der Waals surface area contributed by atoms with E-state index in [1.165, 1.54) is 25.7 Å². The highest BCUT2D eigenvalue weighted by Crippen LogP contribution is 2.27. The van der Waals surface area contributed by atoms with Crippen molar-refractivity contribution in [2.75, 3.05) is 11.9 Å². The second-order valence-corrected chi connectivity index (χ2v) is 5.38. The summed E-state index contributed by atoms with van der Waals surface area (Å²) >= 11 is 5.93. The first-order valence-corrected chi connectivity index (χ1v) is 7.34. The van der Waals surface area contributed by atoms with E-state index < -0.39 is 0 Å². The molecule has 1 saturated carbocycles. The van der Waals surface area contributed by atoms with E-state index in [1.807, 2.05) is 6.07 Å². The van der Waals surface area contributed by atoms with E-state index in [1.54, 1.807) is 17.1 Å². The molecule has 1 aliphatic rings. The Morgan fingerprint density at radius 2 is 2.10 bits per heavy atom. The molecule has 6 nitrogen and oxygen atoms in total. The molecule has 0 spiro atoms. The lowest BCUT2D eigenvalue weighted by molar-refractivity contribution is 0.518. The maximum Gasteiger partial charge on any atom is 0.256 e. The van der Waals surface area contributed by atoms with Crippen LogP contribution in [-0.2, 0) is 0 Å². The monoisotopic (exact) mass is 292 g/mol. The molecule has 0 saturated heterocycles. The van der Waals surface area contributed by atoms with Gasteiger partial charge in [0.05, 0.1) is 0 Å². The number of rotatable bonds is 5. The maximum absolute atomic E-state index is 5.93. The molecule has 0 radical (unpaired) electrons. The van der Waals surface area contributed by atoms with Gasteiger partial charge < -0.3 is 5.32 Å². The van der Waals surface area contributed by atoms with Gasteiger partial charge >= 0.3 is 0 Å². The lowest BCUT2D eigenvalue weighted by atomic mass is 10.0. The standard InChI is InChI=1S/C13H17ClN6/c14-11-17-12(15-8-6-10-4-1-2-5-10)19-13(18-11)20-9-3-7-16-20/h3,7,9-10H,1-2,4-6,8H2,(H,15,17,18,19). The molecule has 0 amide bonds. The Morgan fingerprint density at radius 1 is 1.25 bits per heavy atom. The van der Waals surface area contributed by atoms with Gasteiger partial charge in [-0.15, -0.1) is 0 Å². The SMILES string of the molecule is Clc1nc(NCCC2CCCC2)nc(-n2cccn2)n1. The molecular formula is C13H17ClN6. The number of nitrogens with one attached hydrogen (secondary N) is 1. The van der Waals surface area contributed by atoms with Crippen molar-refractivity contribution < 1.29 is 0 Å². The number of hydrogen-bond acceptors (Lipinski definition) is 5. The molecule has 0 aromatic carbocycles. The summed E-state index contributed by atoms with van der Waals surface area (Å²) in [6, 6.07) is 1.81. The fraction of sp³-hybridized carbons (Fsp3) is 0.538. The Bertz CT molecular complexity index is 550. The zero-order valence-corrected chi connectivity index (χ0v) is 11.9. The van der Waals surface area contributed by atoms with Crippen LogP contribution in [0.2, 0.25) is 5.28 Å². The van der Waals surface area contributed by atoms with E-state index in [9.17, 15) is 0 Å². The van der Waals surface area contributed by atoms with E-state index in [0.717, 1.165) is 18.9 Å². The van der Waals surface area contributed by atoms with Crippen LogP contribution in [0.3, 0.4) is 0 Å². The molecule has 106 valence electrons. The van der Waals surface area contributed by atoms with Gasteiger partial charge in [0.2, 0.25) is 11.2 Å². The van der Waals surface area contributed by atoms with Gasteiger partial charge in [0.25, 0.3) is 5.95 Å². The lowest BCUT2D eigenvalue weighted by Crippen LogP contribution is -2.12. The highest BCUT2D eigenvalue weighted by molar-refractivity contribution is 6.28. The van der Waals surface area contributed by atoms with Crippen molar-refractivity contribution in [2.45, 2.75) is 32.1 Å². The Labute approximate surface area is 122 Å². The second kappa shape index (κ2) is 6.17. The summed E-state index contributed by atoms with van der Waals surface area (Å²) in [6.07, 6.45) is 10.0. The summed E-state index contributed by atoms with van der Waals surface area (Å²) in [4.78, 5) is 12.5. The average Bonchev–Trinajstić information content (AvgIpc) is 3.11. The molecule has 0 atom stereocenters. The van der Waals surface area contributed by atoms with Gasteiger partial charge in [-0.2, -0.15) is 20.1 Å². The number of anilines is 1. The molecule has 2 heterocycles. The van der Waals surface area contributed by atoms with Crippen LogP contribution in [0.1, 0.15) is 32.1 Å². The van der Waals surface area contributed by atoms with Crippen LogP contribution < -0.4 is 5.32 Å². The summed E-state index contributed by atoms with van der Waals surface area (Å²) < 4.78 is 1.57. The first kappa shape index (κ1) is 13.3. The van der Waals surface area contributed by atoms with E-state index in [0.29, 0.717) is 11.9 Å². The van der Waals surface area contributed by atoms with Crippen molar-refractivity contribution in [3.05, 3.63) is 23.7 Å². The largest absolute Gasteiger partial charge is 0.354 e. The molecule has 1 N–H and O–H groups in total. The quantitative estimate of drug-likeness (QED) is 0.917. The molecule has 1 aliphatic carbocycles. The Hall–Kier alpha value is -1.69. The number of hydrogen-bond donors (Lipinski definition) is 1. The number of halogens is 1. The summed E-state index contributed by atoms with van der Waals surface area (Å²) in [5.74, 6) is 1.78.